The molecule has 66 valence electrons. The highest BCUT2D eigenvalue weighted by Crippen LogP contribution is 2.10. The van der Waals surface area contributed by atoms with Crippen LogP contribution in [0.15, 0.2) is 0 Å². The molecule has 0 heterocycles. The fraction of sp³-hybridized carbons (Fsp3) is 0.857. The summed E-state index contributed by atoms with van der Waals surface area (Å²) in [7, 11) is 0. The molecule has 0 aromatic rings. The van der Waals surface area contributed by atoms with Crippen molar-refractivity contribution in [2.45, 2.75) is 13.8 Å². The van der Waals surface area contributed by atoms with Crippen LogP contribution >= 0.6 is 0 Å². The monoisotopic (exact) mass is 161 g/mol. The molecule has 0 bridgehead atoms. The van der Waals surface area contributed by atoms with Gasteiger partial charge in [0, 0.05) is 18.6 Å². The van der Waals surface area contributed by atoms with E-state index in [9.17, 15) is 4.79 Å². The van der Waals surface area contributed by atoms with Crippen molar-refractivity contribution in [1.82, 2.24) is 5.32 Å². The third kappa shape index (κ3) is 4.75. The molecule has 0 unspecified atom stereocenters. The summed E-state index contributed by atoms with van der Waals surface area (Å²) < 4.78 is 0. The number of amides is 1. The van der Waals surface area contributed by atoms with Crippen molar-refractivity contribution >= 4 is 5.91 Å². The largest absolute Gasteiger partial charge is 0.396 e. The molecule has 0 aliphatic carbocycles. The van der Waals surface area contributed by atoms with E-state index in [1.54, 1.807) is 0 Å². The fourth-order valence-electron chi connectivity index (χ4n) is 0.450. The van der Waals surface area contributed by atoms with E-state index < -0.39 is 12.5 Å². The Labute approximate surface area is 66.2 Å². The molecule has 11 heavy (non-hydrogen) atoms. The summed E-state index contributed by atoms with van der Waals surface area (Å²) in [5, 5.41) is 19.6. The highest BCUT2D eigenvalue weighted by atomic mass is 16.3. The molecule has 0 aromatic heterocycles. The van der Waals surface area contributed by atoms with Crippen LogP contribution in [-0.2, 0) is 4.79 Å². The minimum Gasteiger partial charge on any atom is -0.396 e. The third-order valence-corrected chi connectivity index (χ3v) is 1.34. The van der Waals surface area contributed by atoms with Crippen molar-refractivity contribution < 1.29 is 15.0 Å². The topological polar surface area (TPSA) is 69.6 Å². The maximum Gasteiger partial charge on any atom is 0.245 e. The van der Waals surface area contributed by atoms with Crippen molar-refractivity contribution in [1.29, 1.82) is 0 Å². The SMILES string of the molecule is CC(C)(CO)CNC(=O)CO. The van der Waals surface area contributed by atoms with Crippen LogP contribution in [0.5, 0.6) is 0 Å². The molecule has 0 saturated heterocycles. The van der Waals surface area contributed by atoms with E-state index in [4.69, 9.17) is 10.2 Å². The molecule has 0 radical (unpaired) electrons. The molecule has 0 aliphatic rings. The summed E-state index contributed by atoms with van der Waals surface area (Å²) in [6.45, 7) is 3.54. The standard InChI is InChI=1S/C7H15NO3/c1-7(2,5-10)4-8-6(11)3-9/h9-10H,3-5H2,1-2H3,(H,8,11). The van der Waals surface area contributed by atoms with Crippen LogP contribution in [0.3, 0.4) is 0 Å². The first kappa shape index (κ1) is 10.4. The number of hydrogen-bond donors (Lipinski definition) is 3. The fourth-order valence-corrected chi connectivity index (χ4v) is 0.450. The second kappa shape index (κ2) is 4.31. The van der Waals surface area contributed by atoms with Gasteiger partial charge in [0.2, 0.25) is 5.91 Å². The van der Waals surface area contributed by atoms with Crippen molar-refractivity contribution in [3.63, 3.8) is 0 Å². The number of aliphatic hydroxyl groups excluding tert-OH is 2. The lowest BCUT2D eigenvalue weighted by Gasteiger charge is -2.21. The van der Waals surface area contributed by atoms with Gasteiger partial charge in [-0.05, 0) is 0 Å². The zero-order valence-corrected chi connectivity index (χ0v) is 6.92. The average Bonchev–Trinajstić information content (AvgIpc) is 2.00. The quantitative estimate of drug-likeness (QED) is 0.501. The van der Waals surface area contributed by atoms with Crippen LogP contribution in [0, 0.1) is 5.41 Å². The number of carbonyl (C=O) groups is 1. The first-order valence-electron chi connectivity index (χ1n) is 3.50. The summed E-state index contributed by atoms with van der Waals surface area (Å²) in [6.07, 6.45) is 0. The zero-order valence-electron chi connectivity index (χ0n) is 6.92. The Morgan fingerprint density at radius 2 is 2.00 bits per heavy atom. The van der Waals surface area contributed by atoms with E-state index in [0.29, 0.717) is 6.54 Å². The highest BCUT2D eigenvalue weighted by molar-refractivity contribution is 5.76. The van der Waals surface area contributed by atoms with Gasteiger partial charge >= 0.3 is 0 Å². The molecule has 4 heteroatoms. The zero-order chi connectivity index (χ0) is 8.91. The number of aliphatic hydroxyl groups is 2. The first-order chi connectivity index (χ1) is 5.02. The number of rotatable bonds is 4. The lowest BCUT2D eigenvalue weighted by atomic mass is 9.95. The summed E-state index contributed by atoms with van der Waals surface area (Å²) in [5.74, 6) is -0.411. The molecule has 0 aromatic carbocycles. The van der Waals surface area contributed by atoms with Gasteiger partial charge in [-0.1, -0.05) is 13.8 Å². The average molecular weight is 161 g/mol. The van der Waals surface area contributed by atoms with E-state index in [-0.39, 0.29) is 12.0 Å². The Bertz CT molecular complexity index is 134. The number of nitrogens with one attached hydrogen (secondary N) is 1. The van der Waals surface area contributed by atoms with Gasteiger partial charge in [0.25, 0.3) is 0 Å². The maximum atomic E-state index is 10.5. The summed E-state index contributed by atoms with van der Waals surface area (Å²) >= 11 is 0. The number of hydrogen-bond acceptors (Lipinski definition) is 3. The second-order valence-corrected chi connectivity index (χ2v) is 3.26. The summed E-state index contributed by atoms with van der Waals surface area (Å²) in [5.41, 5.74) is -0.315. The van der Waals surface area contributed by atoms with Crippen molar-refractivity contribution in [2.75, 3.05) is 19.8 Å². The lowest BCUT2D eigenvalue weighted by Crippen LogP contribution is -2.37. The van der Waals surface area contributed by atoms with Crippen LogP contribution in [0.1, 0.15) is 13.8 Å². The smallest absolute Gasteiger partial charge is 0.245 e. The second-order valence-electron chi connectivity index (χ2n) is 3.26. The summed E-state index contributed by atoms with van der Waals surface area (Å²) in [6, 6.07) is 0. The molecule has 0 rings (SSSR count). The Morgan fingerprint density at radius 3 is 2.36 bits per heavy atom. The molecule has 1 amide bonds. The molecule has 0 atom stereocenters. The minimum atomic E-state index is -0.499. The van der Waals surface area contributed by atoms with Gasteiger partial charge in [0.05, 0.1) is 0 Å². The van der Waals surface area contributed by atoms with Crippen LogP contribution in [-0.4, -0.2) is 35.9 Å². The van der Waals surface area contributed by atoms with E-state index in [1.807, 2.05) is 13.8 Å². The van der Waals surface area contributed by atoms with E-state index >= 15 is 0 Å². The predicted octanol–water partition coefficient (Wildman–Crippen LogP) is -0.887. The number of carbonyl (C=O) groups excluding carboxylic acids is 1. The molecule has 3 N–H and O–H groups in total. The van der Waals surface area contributed by atoms with Crippen LogP contribution in [0.4, 0.5) is 0 Å². The Morgan fingerprint density at radius 1 is 1.45 bits per heavy atom. The van der Waals surface area contributed by atoms with Gasteiger partial charge in [-0.25, -0.2) is 0 Å². The summed E-state index contributed by atoms with van der Waals surface area (Å²) in [4.78, 5) is 10.5. The molecule has 0 fully saturated rings. The van der Waals surface area contributed by atoms with Crippen molar-refractivity contribution in [3.8, 4) is 0 Å². The molecular weight excluding hydrogens is 146 g/mol. The third-order valence-electron chi connectivity index (χ3n) is 1.34. The molecule has 0 saturated carbocycles. The maximum absolute atomic E-state index is 10.5. The van der Waals surface area contributed by atoms with Gasteiger partial charge in [-0.3, -0.25) is 4.79 Å². The van der Waals surface area contributed by atoms with Gasteiger partial charge in [0.15, 0.2) is 0 Å². The molecule has 0 aliphatic heterocycles. The van der Waals surface area contributed by atoms with Gasteiger partial charge < -0.3 is 15.5 Å². The molecule has 4 nitrogen and oxygen atoms in total. The van der Waals surface area contributed by atoms with E-state index in [2.05, 4.69) is 5.32 Å². The van der Waals surface area contributed by atoms with Crippen molar-refractivity contribution in [3.05, 3.63) is 0 Å². The van der Waals surface area contributed by atoms with Gasteiger partial charge in [-0.2, -0.15) is 0 Å². The molecular formula is C7H15NO3. The Kier molecular flexibility index (Phi) is 4.07. The van der Waals surface area contributed by atoms with Crippen LogP contribution < -0.4 is 5.32 Å². The minimum absolute atomic E-state index is 0.0126. The molecule has 0 spiro atoms. The van der Waals surface area contributed by atoms with Gasteiger partial charge in [-0.15, -0.1) is 0 Å². The van der Waals surface area contributed by atoms with Crippen LogP contribution in [0.25, 0.3) is 0 Å². The van der Waals surface area contributed by atoms with E-state index in [0.717, 1.165) is 0 Å². The first-order valence-corrected chi connectivity index (χ1v) is 3.50. The Balaban J connectivity index is 3.61. The van der Waals surface area contributed by atoms with Crippen LogP contribution in [0.2, 0.25) is 0 Å². The van der Waals surface area contributed by atoms with Crippen molar-refractivity contribution in [2.24, 2.45) is 5.41 Å². The van der Waals surface area contributed by atoms with Gasteiger partial charge in [0.1, 0.15) is 6.61 Å². The van der Waals surface area contributed by atoms with E-state index in [1.165, 1.54) is 0 Å². The lowest BCUT2D eigenvalue weighted by molar-refractivity contribution is -0.124. The predicted molar refractivity (Wildman–Crippen MR) is 41.0 cm³/mol. The Hall–Kier alpha value is -0.610. The highest BCUT2D eigenvalue weighted by Gasteiger charge is 2.16. The normalized spacial score (nSPS) is 11.3.